The number of hydrogen-bond donors (Lipinski definition) is 2. The maximum atomic E-state index is 12.6. The Labute approximate surface area is 152 Å². The second kappa shape index (κ2) is 8.94. The van der Waals surface area contributed by atoms with Crippen LogP contribution in [-0.2, 0) is 11.3 Å². The second-order valence-corrected chi connectivity index (χ2v) is 6.07. The zero-order chi connectivity index (χ0) is 19.1. The van der Waals surface area contributed by atoms with Gasteiger partial charge in [-0.3, -0.25) is 9.59 Å². The molecule has 1 unspecified atom stereocenters. The van der Waals surface area contributed by atoms with Crippen molar-refractivity contribution in [2.75, 3.05) is 14.2 Å². The largest absolute Gasteiger partial charge is 0.497 e. The van der Waals surface area contributed by atoms with Crippen molar-refractivity contribution in [2.45, 2.75) is 26.4 Å². The lowest BCUT2D eigenvalue weighted by molar-refractivity contribution is -0.124. The molecular formula is C19H24N2O5. The molecule has 1 aromatic heterocycles. The Morgan fingerprint density at radius 1 is 1.15 bits per heavy atom. The van der Waals surface area contributed by atoms with E-state index in [1.165, 1.54) is 6.26 Å². The number of furan rings is 1. The quantitative estimate of drug-likeness (QED) is 0.754. The first-order valence-corrected chi connectivity index (χ1v) is 8.29. The van der Waals surface area contributed by atoms with Crippen molar-refractivity contribution >= 4 is 11.8 Å². The van der Waals surface area contributed by atoms with Crippen molar-refractivity contribution in [1.29, 1.82) is 0 Å². The van der Waals surface area contributed by atoms with Crippen LogP contribution in [-0.4, -0.2) is 32.1 Å². The third-order valence-electron chi connectivity index (χ3n) is 3.92. The molecule has 0 bridgehead atoms. The first kappa shape index (κ1) is 19.4. The minimum absolute atomic E-state index is 0.0962. The SMILES string of the molecule is COc1ccc(OC)c(CNC(=O)C(NC(=O)c2ccco2)C(C)C)c1. The van der Waals surface area contributed by atoms with Crippen molar-refractivity contribution < 1.29 is 23.5 Å². The molecule has 0 spiro atoms. The van der Waals surface area contributed by atoms with E-state index in [1.54, 1.807) is 44.6 Å². The first-order valence-electron chi connectivity index (χ1n) is 8.29. The van der Waals surface area contributed by atoms with Gasteiger partial charge in [-0.25, -0.2) is 0 Å². The molecule has 0 saturated heterocycles. The van der Waals surface area contributed by atoms with Crippen LogP contribution in [0.15, 0.2) is 41.0 Å². The standard InChI is InChI=1S/C19H24N2O5/c1-12(2)17(21-18(22)16-6-5-9-26-16)19(23)20-11-13-10-14(24-3)7-8-15(13)25-4/h5-10,12,17H,11H2,1-4H3,(H,20,23)(H,21,22). The fourth-order valence-corrected chi connectivity index (χ4v) is 2.47. The Morgan fingerprint density at radius 3 is 2.50 bits per heavy atom. The van der Waals surface area contributed by atoms with E-state index in [4.69, 9.17) is 13.9 Å². The summed E-state index contributed by atoms with van der Waals surface area (Å²) in [5, 5.41) is 5.54. The summed E-state index contributed by atoms with van der Waals surface area (Å²) in [7, 11) is 3.14. The molecular weight excluding hydrogens is 336 g/mol. The Balaban J connectivity index is 2.05. The van der Waals surface area contributed by atoms with Crippen LogP contribution in [0.25, 0.3) is 0 Å². The predicted molar refractivity (Wildman–Crippen MR) is 96.2 cm³/mol. The van der Waals surface area contributed by atoms with E-state index in [1.807, 2.05) is 13.8 Å². The molecule has 7 heteroatoms. The van der Waals surface area contributed by atoms with Gasteiger partial charge in [-0.2, -0.15) is 0 Å². The number of carbonyl (C=O) groups is 2. The Hall–Kier alpha value is -2.96. The summed E-state index contributed by atoms with van der Waals surface area (Å²) in [6.45, 7) is 3.97. The lowest BCUT2D eigenvalue weighted by Crippen LogP contribution is -2.49. The second-order valence-electron chi connectivity index (χ2n) is 6.07. The van der Waals surface area contributed by atoms with Gasteiger partial charge in [0, 0.05) is 12.1 Å². The molecule has 1 aromatic carbocycles. The van der Waals surface area contributed by atoms with Gasteiger partial charge in [0.15, 0.2) is 5.76 Å². The zero-order valence-corrected chi connectivity index (χ0v) is 15.4. The average Bonchev–Trinajstić information content (AvgIpc) is 3.18. The Morgan fingerprint density at radius 2 is 1.92 bits per heavy atom. The zero-order valence-electron chi connectivity index (χ0n) is 15.4. The van der Waals surface area contributed by atoms with Crippen LogP contribution in [0.1, 0.15) is 30.0 Å². The molecule has 2 rings (SSSR count). The monoisotopic (exact) mass is 360 g/mol. The summed E-state index contributed by atoms with van der Waals surface area (Å²) in [5.41, 5.74) is 0.778. The highest BCUT2D eigenvalue weighted by atomic mass is 16.5. The minimum Gasteiger partial charge on any atom is -0.497 e. The summed E-state index contributed by atoms with van der Waals surface area (Å²) in [6, 6.07) is 7.83. The fourth-order valence-electron chi connectivity index (χ4n) is 2.47. The number of methoxy groups -OCH3 is 2. The van der Waals surface area contributed by atoms with E-state index in [2.05, 4.69) is 10.6 Å². The maximum absolute atomic E-state index is 12.6. The molecule has 0 radical (unpaired) electrons. The number of carbonyl (C=O) groups excluding carboxylic acids is 2. The van der Waals surface area contributed by atoms with Crippen LogP contribution in [0.3, 0.4) is 0 Å². The van der Waals surface area contributed by atoms with E-state index < -0.39 is 11.9 Å². The molecule has 140 valence electrons. The van der Waals surface area contributed by atoms with Gasteiger partial charge in [0.25, 0.3) is 5.91 Å². The van der Waals surface area contributed by atoms with Gasteiger partial charge in [-0.05, 0) is 36.2 Å². The van der Waals surface area contributed by atoms with Crippen LogP contribution in [0.4, 0.5) is 0 Å². The van der Waals surface area contributed by atoms with Gasteiger partial charge in [-0.15, -0.1) is 0 Å². The van der Waals surface area contributed by atoms with Crippen molar-refractivity contribution in [1.82, 2.24) is 10.6 Å². The Kier molecular flexibility index (Phi) is 6.66. The third kappa shape index (κ3) is 4.78. The van der Waals surface area contributed by atoms with Crippen LogP contribution < -0.4 is 20.1 Å². The molecule has 0 aliphatic rings. The van der Waals surface area contributed by atoms with Gasteiger partial charge < -0.3 is 24.5 Å². The lowest BCUT2D eigenvalue weighted by Gasteiger charge is -2.21. The summed E-state index contributed by atoms with van der Waals surface area (Å²) in [4.78, 5) is 24.8. The summed E-state index contributed by atoms with van der Waals surface area (Å²) >= 11 is 0. The van der Waals surface area contributed by atoms with E-state index in [-0.39, 0.29) is 24.1 Å². The highest BCUT2D eigenvalue weighted by molar-refractivity contribution is 5.95. The Bertz CT molecular complexity index is 740. The van der Waals surface area contributed by atoms with Gasteiger partial charge in [0.05, 0.1) is 20.5 Å². The summed E-state index contributed by atoms with van der Waals surface area (Å²) < 4.78 is 15.6. The number of benzene rings is 1. The summed E-state index contributed by atoms with van der Waals surface area (Å²) in [6.07, 6.45) is 1.41. The third-order valence-corrected chi connectivity index (χ3v) is 3.92. The number of amides is 2. The molecule has 1 atom stereocenters. The van der Waals surface area contributed by atoms with Crippen LogP contribution in [0, 0.1) is 5.92 Å². The molecule has 1 heterocycles. The average molecular weight is 360 g/mol. The predicted octanol–water partition coefficient (Wildman–Crippen LogP) is 2.37. The topological polar surface area (TPSA) is 89.8 Å². The van der Waals surface area contributed by atoms with E-state index >= 15 is 0 Å². The molecule has 0 aliphatic heterocycles. The smallest absolute Gasteiger partial charge is 0.287 e. The van der Waals surface area contributed by atoms with Crippen molar-refractivity contribution in [3.8, 4) is 11.5 Å². The van der Waals surface area contributed by atoms with Crippen molar-refractivity contribution in [3.05, 3.63) is 47.9 Å². The molecule has 0 saturated carbocycles. The minimum atomic E-state index is -0.691. The van der Waals surface area contributed by atoms with Crippen LogP contribution in [0.2, 0.25) is 0 Å². The van der Waals surface area contributed by atoms with E-state index in [0.29, 0.717) is 11.5 Å². The van der Waals surface area contributed by atoms with Crippen LogP contribution >= 0.6 is 0 Å². The lowest BCUT2D eigenvalue weighted by atomic mass is 10.0. The molecule has 2 aromatic rings. The molecule has 0 fully saturated rings. The fraction of sp³-hybridized carbons (Fsp3) is 0.368. The van der Waals surface area contributed by atoms with Gasteiger partial charge in [0.1, 0.15) is 17.5 Å². The number of nitrogens with one attached hydrogen (secondary N) is 2. The van der Waals surface area contributed by atoms with Crippen LogP contribution in [0.5, 0.6) is 11.5 Å². The number of rotatable bonds is 8. The van der Waals surface area contributed by atoms with E-state index in [0.717, 1.165) is 5.56 Å². The van der Waals surface area contributed by atoms with Gasteiger partial charge >= 0.3 is 0 Å². The van der Waals surface area contributed by atoms with E-state index in [9.17, 15) is 9.59 Å². The number of hydrogen-bond acceptors (Lipinski definition) is 5. The number of ether oxygens (including phenoxy) is 2. The van der Waals surface area contributed by atoms with Gasteiger partial charge in [-0.1, -0.05) is 13.8 Å². The summed E-state index contributed by atoms with van der Waals surface area (Å²) in [5.74, 6) is 0.667. The van der Waals surface area contributed by atoms with Crippen molar-refractivity contribution in [3.63, 3.8) is 0 Å². The molecule has 26 heavy (non-hydrogen) atoms. The van der Waals surface area contributed by atoms with Crippen molar-refractivity contribution in [2.24, 2.45) is 5.92 Å². The highest BCUT2D eigenvalue weighted by Gasteiger charge is 2.25. The molecule has 2 amide bonds. The molecule has 0 aliphatic carbocycles. The molecule has 7 nitrogen and oxygen atoms in total. The van der Waals surface area contributed by atoms with Gasteiger partial charge in [0.2, 0.25) is 5.91 Å². The highest BCUT2D eigenvalue weighted by Crippen LogP contribution is 2.23. The first-order chi connectivity index (χ1) is 12.5. The maximum Gasteiger partial charge on any atom is 0.287 e. The molecule has 2 N–H and O–H groups in total. The normalized spacial score (nSPS) is 11.7.